The van der Waals surface area contributed by atoms with Crippen LogP contribution in [-0.2, 0) is 16.1 Å². The summed E-state index contributed by atoms with van der Waals surface area (Å²) in [4.78, 5) is 15.4. The van der Waals surface area contributed by atoms with Crippen LogP contribution in [0.3, 0.4) is 0 Å². The fourth-order valence-electron chi connectivity index (χ4n) is 3.27. The van der Waals surface area contributed by atoms with Crippen LogP contribution in [0.5, 0.6) is 11.5 Å². The van der Waals surface area contributed by atoms with Gasteiger partial charge < -0.3 is 24.8 Å². The molecule has 0 spiro atoms. The molecule has 0 aliphatic heterocycles. The van der Waals surface area contributed by atoms with Gasteiger partial charge in [-0.1, -0.05) is 12.1 Å². The lowest BCUT2D eigenvalue weighted by Gasteiger charge is -2.20. The van der Waals surface area contributed by atoms with Crippen LogP contribution < -0.4 is 20.1 Å². The van der Waals surface area contributed by atoms with E-state index in [-0.39, 0.29) is 12.1 Å². The third-order valence-corrected chi connectivity index (χ3v) is 4.86. The lowest BCUT2D eigenvalue weighted by atomic mass is 10.1. The Morgan fingerprint density at radius 1 is 1.18 bits per heavy atom. The van der Waals surface area contributed by atoms with E-state index in [2.05, 4.69) is 20.4 Å². The number of nitrogens with zero attached hydrogens (tertiary/aromatic N) is 1. The zero-order valence-electron chi connectivity index (χ0n) is 17.3. The van der Waals surface area contributed by atoms with Crippen molar-refractivity contribution in [2.45, 2.75) is 57.6 Å². The van der Waals surface area contributed by atoms with Crippen LogP contribution in [0.25, 0.3) is 0 Å². The van der Waals surface area contributed by atoms with E-state index in [0.717, 1.165) is 49.3 Å². The van der Waals surface area contributed by atoms with Gasteiger partial charge in [-0.2, -0.15) is 0 Å². The number of guanidine groups is 1. The second kappa shape index (κ2) is 12.1. The van der Waals surface area contributed by atoms with Crippen LogP contribution in [0.15, 0.2) is 23.2 Å². The van der Waals surface area contributed by atoms with Crippen molar-refractivity contribution in [1.29, 1.82) is 0 Å². The average Bonchev–Trinajstić information content (AvgIpc) is 3.23. The van der Waals surface area contributed by atoms with Gasteiger partial charge in [0.05, 0.1) is 20.3 Å². The molecule has 1 fully saturated rings. The second-order valence-electron chi connectivity index (χ2n) is 6.86. The van der Waals surface area contributed by atoms with Gasteiger partial charge in [-0.05, 0) is 44.6 Å². The molecule has 0 aromatic heterocycles. The van der Waals surface area contributed by atoms with Crippen molar-refractivity contribution in [2.75, 3.05) is 27.8 Å². The second-order valence-corrected chi connectivity index (χ2v) is 6.86. The molecule has 1 aromatic carbocycles. The van der Waals surface area contributed by atoms with E-state index in [1.165, 1.54) is 20.0 Å². The van der Waals surface area contributed by atoms with Crippen LogP contribution in [0.1, 0.15) is 50.5 Å². The number of ether oxygens (including phenoxy) is 3. The Morgan fingerprint density at radius 2 is 1.96 bits per heavy atom. The van der Waals surface area contributed by atoms with Crippen molar-refractivity contribution in [2.24, 2.45) is 4.99 Å². The normalized spacial score (nSPS) is 14.6. The summed E-state index contributed by atoms with van der Waals surface area (Å²) in [6.45, 7) is 1.32. The summed E-state index contributed by atoms with van der Waals surface area (Å²) >= 11 is 0. The van der Waals surface area contributed by atoms with Crippen LogP contribution >= 0.6 is 0 Å². The first-order chi connectivity index (χ1) is 13.7. The van der Waals surface area contributed by atoms with Crippen LogP contribution in [0, 0.1) is 0 Å². The Bertz CT molecular complexity index is 643. The predicted molar refractivity (Wildman–Crippen MR) is 110 cm³/mol. The number of nitrogens with one attached hydrogen (secondary N) is 2. The molecule has 0 unspecified atom stereocenters. The first kappa shape index (κ1) is 21.9. The van der Waals surface area contributed by atoms with Gasteiger partial charge in [0.15, 0.2) is 17.5 Å². The maximum Gasteiger partial charge on any atom is 0.305 e. The van der Waals surface area contributed by atoms with Gasteiger partial charge in [-0.3, -0.25) is 9.79 Å². The van der Waals surface area contributed by atoms with E-state index in [1.54, 1.807) is 14.2 Å². The summed E-state index contributed by atoms with van der Waals surface area (Å²) in [5.41, 5.74) is 1.04. The first-order valence-electron chi connectivity index (χ1n) is 10.0. The van der Waals surface area contributed by atoms with Gasteiger partial charge in [0, 0.05) is 32.1 Å². The largest absolute Gasteiger partial charge is 0.493 e. The van der Waals surface area contributed by atoms with Gasteiger partial charge in [0.1, 0.15) is 0 Å². The maximum absolute atomic E-state index is 11.1. The Kier molecular flexibility index (Phi) is 9.45. The molecule has 1 aliphatic carbocycles. The van der Waals surface area contributed by atoms with Gasteiger partial charge in [-0.25, -0.2) is 0 Å². The fourth-order valence-corrected chi connectivity index (χ4v) is 3.27. The number of methoxy groups -OCH3 is 2. The van der Waals surface area contributed by atoms with Gasteiger partial charge in [0.2, 0.25) is 0 Å². The average molecular weight is 392 g/mol. The highest BCUT2D eigenvalue weighted by Gasteiger charge is 2.20. The van der Waals surface area contributed by atoms with Crippen molar-refractivity contribution in [1.82, 2.24) is 10.6 Å². The summed E-state index contributed by atoms with van der Waals surface area (Å²) in [6, 6.07) is 5.95. The number of esters is 1. The smallest absolute Gasteiger partial charge is 0.305 e. The molecule has 0 saturated heterocycles. The highest BCUT2D eigenvalue weighted by molar-refractivity contribution is 5.79. The van der Waals surface area contributed by atoms with Crippen molar-refractivity contribution in [3.05, 3.63) is 23.8 Å². The van der Waals surface area contributed by atoms with Crippen LogP contribution in [0.2, 0.25) is 0 Å². The molecule has 156 valence electrons. The minimum absolute atomic E-state index is 0.171. The molecule has 0 radical (unpaired) electrons. The molecule has 2 rings (SSSR count). The lowest BCUT2D eigenvalue weighted by Crippen LogP contribution is -2.37. The topological polar surface area (TPSA) is 81.2 Å². The summed E-state index contributed by atoms with van der Waals surface area (Å²) < 4.78 is 16.4. The van der Waals surface area contributed by atoms with Crippen LogP contribution in [-0.4, -0.2) is 45.8 Å². The fraction of sp³-hybridized carbons (Fsp3) is 0.619. The molecule has 28 heavy (non-hydrogen) atoms. The molecule has 7 heteroatoms. The number of hydrogen-bond donors (Lipinski definition) is 2. The van der Waals surface area contributed by atoms with E-state index in [1.807, 2.05) is 18.2 Å². The molecule has 0 heterocycles. The van der Waals surface area contributed by atoms with Crippen LogP contribution in [0.4, 0.5) is 0 Å². The van der Waals surface area contributed by atoms with E-state index < -0.39 is 0 Å². The maximum atomic E-state index is 11.1. The summed E-state index contributed by atoms with van der Waals surface area (Å²) in [6.07, 6.45) is 6.99. The van der Waals surface area contributed by atoms with Gasteiger partial charge >= 0.3 is 5.97 Å². The predicted octanol–water partition coefficient (Wildman–Crippen LogP) is 3.02. The van der Waals surface area contributed by atoms with Crippen molar-refractivity contribution >= 4 is 11.9 Å². The number of benzene rings is 1. The Morgan fingerprint density at radius 3 is 2.64 bits per heavy atom. The molecular formula is C21H33N3O4. The Balaban J connectivity index is 1.86. The summed E-state index contributed by atoms with van der Waals surface area (Å²) in [7, 11) is 4.82. The molecule has 0 bridgehead atoms. The number of carbonyl (C=O) groups excluding carboxylic acids is 1. The van der Waals surface area contributed by atoms with Gasteiger partial charge in [-0.15, -0.1) is 0 Å². The SMILES string of the molecule is CN=C(NCCCCC(=O)OC)NCc1cccc(OC)c1OC1CCCC1. The highest BCUT2D eigenvalue weighted by Crippen LogP contribution is 2.34. The molecule has 1 aliphatic rings. The molecule has 1 saturated carbocycles. The quantitative estimate of drug-likeness (QED) is 0.276. The molecule has 0 atom stereocenters. The summed E-state index contributed by atoms with van der Waals surface area (Å²) in [5.74, 6) is 2.12. The standard InChI is InChI=1S/C21H33N3O4/c1-22-21(23-14-7-6-13-19(25)27-3)24-15-16-9-8-12-18(26-2)20(16)28-17-10-4-5-11-17/h8-9,12,17H,4-7,10-11,13-15H2,1-3H3,(H2,22,23,24). The third-order valence-electron chi connectivity index (χ3n) is 4.86. The number of hydrogen-bond acceptors (Lipinski definition) is 5. The van der Waals surface area contributed by atoms with Crippen molar-refractivity contribution in [3.63, 3.8) is 0 Å². The lowest BCUT2D eigenvalue weighted by molar-refractivity contribution is -0.140. The monoisotopic (exact) mass is 391 g/mol. The Labute approximate surface area is 167 Å². The highest BCUT2D eigenvalue weighted by atomic mass is 16.5. The van der Waals surface area contributed by atoms with E-state index in [0.29, 0.717) is 18.9 Å². The number of unbranched alkanes of at least 4 members (excludes halogenated alkanes) is 1. The molecule has 1 aromatic rings. The number of rotatable bonds is 10. The van der Waals surface area contributed by atoms with Crippen molar-refractivity contribution in [3.8, 4) is 11.5 Å². The summed E-state index contributed by atoms with van der Waals surface area (Å²) in [5, 5.41) is 6.59. The number of carbonyl (C=O) groups is 1. The van der Waals surface area contributed by atoms with E-state index in [9.17, 15) is 4.79 Å². The first-order valence-corrected chi connectivity index (χ1v) is 10.0. The molecule has 2 N–H and O–H groups in total. The third kappa shape index (κ3) is 6.94. The van der Waals surface area contributed by atoms with Gasteiger partial charge in [0.25, 0.3) is 0 Å². The minimum Gasteiger partial charge on any atom is -0.493 e. The molecular weight excluding hydrogens is 358 g/mol. The zero-order valence-corrected chi connectivity index (χ0v) is 17.3. The molecule has 7 nitrogen and oxygen atoms in total. The minimum atomic E-state index is -0.171. The number of para-hydroxylation sites is 1. The number of aliphatic imine (C=N–C) groups is 1. The van der Waals surface area contributed by atoms with E-state index >= 15 is 0 Å². The Hall–Kier alpha value is -2.44. The molecule has 0 amide bonds. The zero-order chi connectivity index (χ0) is 20.2. The van der Waals surface area contributed by atoms with Crippen molar-refractivity contribution < 1.29 is 19.0 Å². The van der Waals surface area contributed by atoms with E-state index in [4.69, 9.17) is 9.47 Å².